The molecule has 0 radical (unpaired) electrons. The van der Waals surface area contributed by atoms with Crippen molar-refractivity contribution >= 4 is 18.0 Å². The number of nitrogens with zero attached hydrogens (tertiary/aromatic N) is 1. The summed E-state index contributed by atoms with van der Waals surface area (Å²) >= 11 is 0. The molecule has 0 aromatic carbocycles. The third-order valence-corrected chi connectivity index (χ3v) is 3.62. The van der Waals surface area contributed by atoms with Crippen molar-refractivity contribution in [1.29, 1.82) is 0 Å². The van der Waals surface area contributed by atoms with Crippen LogP contribution in [0.1, 0.15) is 33.1 Å². The van der Waals surface area contributed by atoms with E-state index in [9.17, 15) is 27.6 Å². The van der Waals surface area contributed by atoms with Crippen molar-refractivity contribution < 1.29 is 42.1 Å². The Hall–Kier alpha value is -2.50. The molecule has 0 aromatic rings. The highest BCUT2D eigenvalue weighted by atomic mass is 19.4. The Morgan fingerprint density at radius 3 is 2.37 bits per heavy atom. The molecule has 9 nitrogen and oxygen atoms in total. The molecule has 12 heteroatoms. The highest BCUT2D eigenvalue weighted by molar-refractivity contribution is 5.86. The van der Waals surface area contributed by atoms with Crippen LogP contribution in [0, 0.1) is 0 Å². The fraction of sp³-hybridized carbons (Fsp3) is 0.667. The highest BCUT2D eigenvalue weighted by Gasteiger charge is 2.51. The fourth-order valence-electron chi connectivity index (χ4n) is 2.49. The zero-order valence-electron chi connectivity index (χ0n) is 14.8. The molecule has 0 bridgehead atoms. The second kappa shape index (κ2) is 8.93. The highest BCUT2D eigenvalue weighted by Crippen LogP contribution is 2.27. The van der Waals surface area contributed by atoms with Gasteiger partial charge >= 0.3 is 18.2 Å². The predicted molar refractivity (Wildman–Crippen MR) is 85.0 cm³/mol. The van der Waals surface area contributed by atoms with Crippen molar-refractivity contribution in [2.24, 2.45) is 5.73 Å². The number of carbonyl (C=O) groups excluding carboxylic acids is 2. The molecule has 0 spiro atoms. The van der Waals surface area contributed by atoms with Crippen LogP contribution in [0.2, 0.25) is 0 Å². The fourth-order valence-corrected chi connectivity index (χ4v) is 2.49. The summed E-state index contributed by atoms with van der Waals surface area (Å²) < 4.78 is 47.3. The van der Waals surface area contributed by atoms with Crippen LogP contribution in [0.3, 0.4) is 0 Å². The van der Waals surface area contributed by atoms with Gasteiger partial charge in [0.05, 0.1) is 0 Å². The number of carbonyl (C=O) groups is 3. The lowest BCUT2D eigenvalue weighted by molar-refractivity contribution is -0.179. The first-order valence-electron chi connectivity index (χ1n) is 8.19. The molecule has 1 aliphatic rings. The summed E-state index contributed by atoms with van der Waals surface area (Å²) in [5, 5.41) is 10.2. The van der Waals surface area contributed by atoms with Crippen LogP contribution in [0.15, 0.2) is 12.0 Å². The Kier molecular flexibility index (Phi) is 7.46. The van der Waals surface area contributed by atoms with Crippen molar-refractivity contribution in [1.82, 2.24) is 10.2 Å². The molecule has 154 valence electrons. The maximum absolute atomic E-state index is 12.8. The summed E-state index contributed by atoms with van der Waals surface area (Å²) in [6.07, 6.45) is -7.23. The van der Waals surface area contributed by atoms with E-state index < -0.39 is 48.3 Å². The lowest BCUT2D eigenvalue weighted by atomic mass is 9.95. The van der Waals surface area contributed by atoms with Gasteiger partial charge < -0.3 is 30.5 Å². The summed E-state index contributed by atoms with van der Waals surface area (Å²) in [6.45, 7) is 4.12. The lowest BCUT2D eigenvalue weighted by Gasteiger charge is -2.41. The Morgan fingerprint density at radius 1 is 1.37 bits per heavy atom. The second-order valence-electron chi connectivity index (χ2n) is 5.91. The van der Waals surface area contributed by atoms with Gasteiger partial charge in [0.2, 0.25) is 6.10 Å². The van der Waals surface area contributed by atoms with Crippen molar-refractivity contribution in [2.75, 3.05) is 13.1 Å². The first kappa shape index (κ1) is 22.5. The number of nitrogens with two attached hydrogens (primary N) is 1. The molecule has 0 aliphatic carbocycles. The van der Waals surface area contributed by atoms with Crippen LogP contribution in [0.25, 0.3) is 0 Å². The van der Waals surface area contributed by atoms with Gasteiger partial charge in [0.1, 0.15) is 5.66 Å². The molecule has 0 saturated heterocycles. The lowest BCUT2D eigenvalue weighted by Crippen LogP contribution is -2.70. The monoisotopic (exact) mass is 397 g/mol. The van der Waals surface area contributed by atoms with E-state index in [1.165, 1.54) is 4.90 Å². The first-order valence-corrected chi connectivity index (χ1v) is 8.19. The van der Waals surface area contributed by atoms with Crippen LogP contribution >= 0.6 is 0 Å². The molecular formula is C15H22F3N3O6. The molecule has 0 aromatic heterocycles. The summed E-state index contributed by atoms with van der Waals surface area (Å²) in [5.74, 6) is -3.74. The SMILES string of the molecule is CCCN(CCC)C(=O)[C@@H]1OC(OC(=O)O)=CC[C@@]1(N)NC(=O)C(F)(F)F. The zero-order valence-corrected chi connectivity index (χ0v) is 14.8. The minimum absolute atomic E-state index is 0.272. The van der Waals surface area contributed by atoms with E-state index in [1.54, 1.807) is 19.2 Å². The van der Waals surface area contributed by atoms with E-state index in [2.05, 4.69) is 4.74 Å². The molecule has 1 rings (SSSR count). The number of carboxylic acid groups (broad SMARTS) is 1. The minimum atomic E-state index is -5.23. The molecule has 0 fully saturated rings. The third kappa shape index (κ3) is 6.01. The van der Waals surface area contributed by atoms with Gasteiger partial charge in [-0.05, 0) is 12.8 Å². The molecule has 0 saturated carbocycles. The standard InChI is InChI=1S/C15H22F3N3O6/c1-3-7-21(8-4-2)11(22)10-14(19,20-12(23)15(16,17)18)6-5-9(26-10)27-13(24)25/h5,10H,3-4,6-8,19H2,1-2H3,(H,20,23)(H,24,25)/t10-,14+/m0/s1. The molecule has 2 atom stereocenters. The Balaban J connectivity index is 3.19. The average Bonchev–Trinajstić information content (AvgIpc) is 2.54. The van der Waals surface area contributed by atoms with Gasteiger partial charge in [0.25, 0.3) is 11.9 Å². The second-order valence-corrected chi connectivity index (χ2v) is 5.91. The zero-order chi connectivity index (χ0) is 20.8. The third-order valence-electron chi connectivity index (χ3n) is 3.62. The van der Waals surface area contributed by atoms with E-state index >= 15 is 0 Å². The number of ether oxygens (including phenoxy) is 2. The summed E-state index contributed by atoms with van der Waals surface area (Å²) in [4.78, 5) is 36.1. The van der Waals surface area contributed by atoms with Gasteiger partial charge in [0, 0.05) is 25.6 Å². The van der Waals surface area contributed by atoms with Crippen LogP contribution in [-0.4, -0.2) is 59.0 Å². The molecule has 2 amide bonds. The largest absolute Gasteiger partial charge is 0.513 e. The van der Waals surface area contributed by atoms with E-state index in [-0.39, 0.29) is 13.1 Å². The van der Waals surface area contributed by atoms with Gasteiger partial charge in [-0.15, -0.1) is 0 Å². The number of hydrogen-bond donors (Lipinski definition) is 3. The van der Waals surface area contributed by atoms with E-state index in [0.717, 1.165) is 6.08 Å². The maximum atomic E-state index is 12.8. The minimum Gasteiger partial charge on any atom is -0.449 e. The number of amides is 2. The quantitative estimate of drug-likeness (QED) is 0.436. The summed E-state index contributed by atoms with van der Waals surface area (Å²) in [6, 6.07) is 0. The van der Waals surface area contributed by atoms with Crippen LogP contribution in [0.4, 0.5) is 18.0 Å². The van der Waals surface area contributed by atoms with E-state index in [4.69, 9.17) is 15.6 Å². The number of rotatable bonds is 7. The smallest absolute Gasteiger partial charge is 0.449 e. The van der Waals surface area contributed by atoms with Crippen LogP contribution in [-0.2, 0) is 19.1 Å². The van der Waals surface area contributed by atoms with Crippen molar-refractivity contribution in [3.63, 3.8) is 0 Å². The number of hydrogen-bond acceptors (Lipinski definition) is 6. The Bertz CT molecular complexity index is 604. The van der Waals surface area contributed by atoms with Crippen molar-refractivity contribution in [3.05, 3.63) is 12.0 Å². The van der Waals surface area contributed by atoms with Gasteiger partial charge in [0.15, 0.2) is 0 Å². The molecule has 0 unspecified atom stereocenters. The Labute approximate surface area is 153 Å². The van der Waals surface area contributed by atoms with Gasteiger partial charge in [-0.2, -0.15) is 13.2 Å². The van der Waals surface area contributed by atoms with Gasteiger partial charge in [-0.3, -0.25) is 9.59 Å². The number of alkyl halides is 3. The van der Waals surface area contributed by atoms with Gasteiger partial charge in [-0.25, -0.2) is 4.79 Å². The van der Waals surface area contributed by atoms with Crippen LogP contribution in [0.5, 0.6) is 0 Å². The molecule has 1 heterocycles. The number of halogens is 3. The van der Waals surface area contributed by atoms with E-state index in [1.807, 2.05) is 0 Å². The number of nitrogens with one attached hydrogen (secondary N) is 1. The first-order chi connectivity index (χ1) is 12.4. The maximum Gasteiger partial charge on any atom is 0.513 e. The van der Waals surface area contributed by atoms with Crippen molar-refractivity contribution in [3.8, 4) is 0 Å². The van der Waals surface area contributed by atoms with E-state index in [0.29, 0.717) is 12.8 Å². The molecule has 27 heavy (non-hydrogen) atoms. The van der Waals surface area contributed by atoms with Gasteiger partial charge in [-0.1, -0.05) is 13.8 Å². The normalized spacial score (nSPS) is 22.3. The summed E-state index contributed by atoms with van der Waals surface area (Å²) in [7, 11) is 0. The predicted octanol–water partition coefficient (Wildman–Crippen LogP) is 1.29. The Morgan fingerprint density at radius 2 is 1.93 bits per heavy atom. The molecular weight excluding hydrogens is 375 g/mol. The van der Waals surface area contributed by atoms with Crippen molar-refractivity contribution in [2.45, 2.75) is 51.1 Å². The average molecular weight is 397 g/mol. The molecule has 4 N–H and O–H groups in total. The molecule has 1 aliphatic heterocycles. The topological polar surface area (TPSA) is 131 Å². The summed E-state index contributed by atoms with van der Waals surface area (Å²) in [5.41, 5.74) is 3.63. The van der Waals surface area contributed by atoms with Crippen LogP contribution < -0.4 is 11.1 Å².